The molecule has 2 unspecified atom stereocenters. The molecule has 0 saturated heterocycles. The molecule has 10 heteroatoms. The predicted molar refractivity (Wildman–Crippen MR) is 408 cm³/mol. The third-order valence-corrected chi connectivity index (χ3v) is 18.0. The third-order valence-electron chi connectivity index (χ3n) is 17.0. The minimum Gasteiger partial charge on any atom is -0.462 e. The van der Waals surface area contributed by atoms with Gasteiger partial charge in [0.25, 0.3) is 0 Å². The molecule has 0 aliphatic carbocycles. The fourth-order valence-corrected chi connectivity index (χ4v) is 11.8. The Morgan fingerprint density at radius 2 is 0.574 bits per heavy atom. The lowest BCUT2D eigenvalue weighted by Crippen LogP contribution is -2.37. The SMILES string of the molecule is CC/C=C\C/C=C\C/C=C\C/C=C\C/C=C\C/C=C\CCCCCCCCCCCCCCC(=O)OC(COC(=O)CCCCCCCCCCCCCCCCCCCCCCCCCCCC/C=C\C/C=C\C/C=C\C/C=C\CC)COP(=O)(O)OCC[N+](C)(C)C. The van der Waals surface area contributed by atoms with Crippen LogP contribution in [0.25, 0.3) is 0 Å². The molecule has 542 valence electrons. The van der Waals surface area contributed by atoms with E-state index in [9.17, 15) is 19.0 Å². The number of phosphoric acid groups is 1. The molecule has 0 spiro atoms. The number of carbonyl (C=O) groups excluding carboxylic acids is 2. The summed E-state index contributed by atoms with van der Waals surface area (Å²) in [5.41, 5.74) is 0. The van der Waals surface area contributed by atoms with Gasteiger partial charge in [-0.15, -0.1) is 0 Å². The average Bonchev–Trinajstić information content (AvgIpc) is 1.66. The summed E-state index contributed by atoms with van der Waals surface area (Å²) < 4.78 is 34.8. The molecule has 0 aliphatic heterocycles. The van der Waals surface area contributed by atoms with Gasteiger partial charge in [-0.05, 0) is 103 Å². The van der Waals surface area contributed by atoms with Crippen molar-refractivity contribution < 1.29 is 42.1 Å². The van der Waals surface area contributed by atoms with Gasteiger partial charge < -0.3 is 18.9 Å². The van der Waals surface area contributed by atoms with E-state index >= 15 is 0 Å². The van der Waals surface area contributed by atoms with Crippen LogP contribution in [0.15, 0.2) is 122 Å². The number of phosphoric ester groups is 1. The van der Waals surface area contributed by atoms with E-state index in [0.717, 1.165) is 103 Å². The first-order chi connectivity index (χ1) is 46.0. The van der Waals surface area contributed by atoms with Gasteiger partial charge in [-0.25, -0.2) is 4.57 Å². The average molecular weight is 1330 g/mol. The largest absolute Gasteiger partial charge is 0.472 e. The minimum absolute atomic E-state index is 0.0289. The van der Waals surface area contributed by atoms with Crippen LogP contribution in [0.1, 0.15) is 348 Å². The molecular formula is C84H149NO8P+. The Balaban J connectivity index is 3.95. The molecule has 0 bridgehead atoms. The van der Waals surface area contributed by atoms with E-state index in [4.69, 9.17) is 18.5 Å². The molecule has 0 heterocycles. The number of allylic oxidation sites excluding steroid dienone is 20. The van der Waals surface area contributed by atoms with Crippen molar-refractivity contribution in [2.45, 2.75) is 354 Å². The second-order valence-corrected chi connectivity index (χ2v) is 28.8. The van der Waals surface area contributed by atoms with Crippen molar-refractivity contribution >= 4 is 19.8 Å². The Hall–Kier alpha value is -3.59. The Morgan fingerprint density at radius 3 is 0.851 bits per heavy atom. The lowest BCUT2D eigenvalue weighted by Gasteiger charge is -2.24. The number of esters is 2. The first-order valence-electron chi connectivity index (χ1n) is 39.3. The van der Waals surface area contributed by atoms with Crippen molar-refractivity contribution in [3.8, 4) is 0 Å². The van der Waals surface area contributed by atoms with Crippen LogP contribution >= 0.6 is 7.82 Å². The van der Waals surface area contributed by atoms with Crippen LogP contribution in [0, 0.1) is 0 Å². The molecule has 0 aromatic heterocycles. The lowest BCUT2D eigenvalue weighted by molar-refractivity contribution is -0.870. The Kier molecular flexibility index (Phi) is 70.8. The van der Waals surface area contributed by atoms with E-state index < -0.39 is 26.5 Å². The zero-order chi connectivity index (χ0) is 68.3. The van der Waals surface area contributed by atoms with Crippen LogP contribution < -0.4 is 0 Å². The zero-order valence-electron chi connectivity index (χ0n) is 61.9. The topological polar surface area (TPSA) is 108 Å². The first kappa shape index (κ1) is 90.4. The number of likely N-dealkylation sites (N-methyl/N-ethyl adjacent to an activating group) is 1. The second kappa shape index (κ2) is 73.7. The Labute approximate surface area is 581 Å². The van der Waals surface area contributed by atoms with Gasteiger partial charge in [-0.3, -0.25) is 18.6 Å². The first-order valence-corrected chi connectivity index (χ1v) is 40.8. The van der Waals surface area contributed by atoms with E-state index in [-0.39, 0.29) is 32.0 Å². The van der Waals surface area contributed by atoms with Crippen molar-refractivity contribution in [2.75, 3.05) is 47.5 Å². The standard InChI is InChI=1S/C84H148NO8P/c1-6-8-10-12-14-16-18-20-22-24-26-28-30-32-34-36-38-39-40-41-42-43-44-45-47-48-50-52-54-56-58-60-62-64-66-68-70-72-74-76-83(86)90-80-82(81-92-94(88,89)91-79-78-85(3,4)5)93-84(87)77-75-73-71-69-67-65-63-61-59-57-55-53-51-49-46-37-35-33-31-29-27-25-23-21-19-17-15-13-11-9-7-2/h8-11,14-17,20-23,26-29,33,35,46,49,82H,6-7,12-13,18-19,24-25,30-32,34,36-45,47-48,50-81H2,1-5H3/p+1/b10-8-,11-9-,16-14-,17-15-,22-20-,23-21-,28-26-,29-27-,35-33-,49-46-. The number of quaternary nitrogens is 1. The highest BCUT2D eigenvalue weighted by atomic mass is 31.2. The smallest absolute Gasteiger partial charge is 0.462 e. The van der Waals surface area contributed by atoms with Crippen LogP contribution in [0.5, 0.6) is 0 Å². The molecule has 0 fully saturated rings. The molecule has 0 radical (unpaired) electrons. The molecular weight excluding hydrogens is 1180 g/mol. The molecule has 0 aliphatic rings. The third kappa shape index (κ3) is 77.4. The number of hydrogen-bond acceptors (Lipinski definition) is 7. The number of hydrogen-bond donors (Lipinski definition) is 1. The van der Waals surface area contributed by atoms with E-state index in [0.29, 0.717) is 17.4 Å². The van der Waals surface area contributed by atoms with Gasteiger partial charge in [-0.2, -0.15) is 0 Å². The van der Waals surface area contributed by atoms with Crippen molar-refractivity contribution in [1.82, 2.24) is 0 Å². The van der Waals surface area contributed by atoms with Gasteiger partial charge >= 0.3 is 19.8 Å². The Morgan fingerprint density at radius 1 is 0.330 bits per heavy atom. The van der Waals surface area contributed by atoms with E-state index in [1.807, 2.05) is 21.1 Å². The maximum absolute atomic E-state index is 12.9. The summed E-state index contributed by atoms with van der Waals surface area (Å²) in [5.74, 6) is -0.789. The summed E-state index contributed by atoms with van der Waals surface area (Å²) in [6, 6.07) is 0. The number of rotatable bonds is 72. The number of unbranched alkanes of at least 4 members (excludes halogenated alkanes) is 38. The summed E-state index contributed by atoms with van der Waals surface area (Å²) in [6.07, 6.45) is 106. The number of nitrogens with zero attached hydrogens (tertiary/aromatic N) is 1. The van der Waals surface area contributed by atoms with Gasteiger partial charge in [0.2, 0.25) is 0 Å². The molecule has 94 heavy (non-hydrogen) atoms. The van der Waals surface area contributed by atoms with E-state index in [2.05, 4.69) is 135 Å². The van der Waals surface area contributed by atoms with Crippen LogP contribution in [0.4, 0.5) is 0 Å². The summed E-state index contributed by atoms with van der Waals surface area (Å²) in [6.45, 7) is 4.24. The highest BCUT2D eigenvalue weighted by Gasteiger charge is 2.27. The zero-order valence-corrected chi connectivity index (χ0v) is 62.8. The maximum atomic E-state index is 12.9. The fraction of sp³-hybridized carbons (Fsp3) is 0.738. The molecule has 0 aromatic rings. The number of carbonyl (C=O) groups is 2. The molecule has 0 aromatic carbocycles. The van der Waals surface area contributed by atoms with Crippen LogP contribution in [-0.4, -0.2) is 74.9 Å². The van der Waals surface area contributed by atoms with E-state index in [1.165, 1.54) is 212 Å². The summed E-state index contributed by atoms with van der Waals surface area (Å²) in [4.78, 5) is 36.0. The second-order valence-electron chi connectivity index (χ2n) is 27.3. The maximum Gasteiger partial charge on any atom is 0.472 e. The molecule has 9 nitrogen and oxygen atoms in total. The van der Waals surface area contributed by atoms with Crippen molar-refractivity contribution in [1.29, 1.82) is 0 Å². The van der Waals surface area contributed by atoms with Gasteiger partial charge in [0, 0.05) is 12.8 Å². The van der Waals surface area contributed by atoms with Gasteiger partial charge in [-0.1, -0.05) is 354 Å². The molecule has 0 rings (SSSR count). The minimum atomic E-state index is -4.40. The molecule has 2 atom stereocenters. The summed E-state index contributed by atoms with van der Waals surface area (Å²) in [5, 5.41) is 0. The molecule has 0 saturated carbocycles. The number of ether oxygens (including phenoxy) is 2. The predicted octanol–water partition coefficient (Wildman–Crippen LogP) is 26.2. The van der Waals surface area contributed by atoms with Crippen LogP contribution in [0.2, 0.25) is 0 Å². The van der Waals surface area contributed by atoms with Gasteiger partial charge in [0.15, 0.2) is 6.10 Å². The van der Waals surface area contributed by atoms with Gasteiger partial charge in [0.05, 0.1) is 27.7 Å². The van der Waals surface area contributed by atoms with Crippen molar-refractivity contribution in [3.05, 3.63) is 122 Å². The van der Waals surface area contributed by atoms with Crippen molar-refractivity contribution in [3.63, 3.8) is 0 Å². The Bertz CT molecular complexity index is 2010. The fourth-order valence-electron chi connectivity index (χ4n) is 11.1. The molecule has 0 amide bonds. The van der Waals surface area contributed by atoms with Crippen LogP contribution in [0.3, 0.4) is 0 Å². The normalized spacial score (nSPS) is 13.7. The quantitative estimate of drug-likeness (QED) is 0.0211. The highest BCUT2D eigenvalue weighted by Crippen LogP contribution is 2.43. The monoisotopic (exact) mass is 1330 g/mol. The lowest BCUT2D eigenvalue weighted by atomic mass is 10.0. The highest BCUT2D eigenvalue weighted by molar-refractivity contribution is 7.47. The van der Waals surface area contributed by atoms with Crippen LogP contribution in [-0.2, 0) is 32.7 Å². The summed E-state index contributed by atoms with van der Waals surface area (Å²) >= 11 is 0. The van der Waals surface area contributed by atoms with Gasteiger partial charge in [0.1, 0.15) is 19.8 Å². The van der Waals surface area contributed by atoms with E-state index in [1.54, 1.807) is 0 Å². The van der Waals surface area contributed by atoms with Crippen molar-refractivity contribution in [2.24, 2.45) is 0 Å². The molecule has 1 N–H and O–H groups in total. The summed E-state index contributed by atoms with van der Waals surface area (Å²) in [7, 11) is 1.48.